The van der Waals surface area contributed by atoms with Crippen LogP contribution < -0.4 is 0 Å². The topological polar surface area (TPSA) is 48.9 Å². The van der Waals surface area contributed by atoms with Crippen molar-refractivity contribution in [2.24, 2.45) is 0 Å². The Morgan fingerprint density at radius 2 is 2.21 bits per heavy atom. The molecule has 3 nitrogen and oxygen atoms in total. The minimum atomic E-state index is 0.312. The molecule has 14 heavy (non-hydrogen) atoms. The van der Waals surface area contributed by atoms with Crippen molar-refractivity contribution in [2.75, 3.05) is 0 Å². The van der Waals surface area contributed by atoms with Crippen molar-refractivity contribution in [3.63, 3.8) is 0 Å². The number of halogens is 1. The summed E-state index contributed by atoms with van der Waals surface area (Å²) in [6.07, 6.45) is 1.79. The fraction of sp³-hybridized carbons (Fsp3) is 0.100. The van der Waals surface area contributed by atoms with Gasteiger partial charge in [0.1, 0.15) is 5.75 Å². The van der Waals surface area contributed by atoms with Crippen LogP contribution in [-0.2, 0) is 0 Å². The lowest BCUT2D eigenvalue weighted by Gasteiger charge is -2.02. The third kappa shape index (κ3) is 1.61. The molecule has 2 N–H and O–H groups in total. The smallest absolute Gasteiger partial charge is 0.128 e. The average Bonchev–Trinajstić information content (AvgIpc) is 2.57. The summed E-state index contributed by atoms with van der Waals surface area (Å²) in [5.74, 6) is 0.312. The van der Waals surface area contributed by atoms with Gasteiger partial charge in [0.2, 0.25) is 0 Å². The highest BCUT2D eigenvalue weighted by Crippen LogP contribution is 2.27. The van der Waals surface area contributed by atoms with Gasteiger partial charge < -0.3 is 5.11 Å². The Balaban J connectivity index is 2.53. The summed E-state index contributed by atoms with van der Waals surface area (Å²) in [4.78, 5) is 0. The molecule has 0 fully saturated rings. The number of rotatable bonds is 1. The second kappa shape index (κ2) is 3.61. The molecule has 0 radical (unpaired) electrons. The molecule has 4 heteroatoms. The quantitative estimate of drug-likeness (QED) is 0.796. The fourth-order valence-electron chi connectivity index (χ4n) is 1.30. The third-order valence-corrected chi connectivity index (χ3v) is 2.93. The highest BCUT2D eigenvalue weighted by atomic mass is 127. The Kier molecular flexibility index (Phi) is 2.45. The van der Waals surface area contributed by atoms with E-state index in [-0.39, 0.29) is 0 Å². The first-order valence-corrected chi connectivity index (χ1v) is 5.25. The number of aromatic nitrogens is 2. The number of phenolic OH excluding ortho intramolecular Hbond substituents is 1. The normalized spacial score (nSPS) is 10.4. The summed E-state index contributed by atoms with van der Waals surface area (Å²) in [5, 5.41) is 16.3. The van der Waals surface area contributed by atoms with E-state index in [4.69, 9.17) is 0 Å². The molecule has 0 bridgehead atoms. The van der Waals surface area contributed by atoms with E-state index in [1.54, 1.807) is 12.3 Å². The van der Waals surface area contributed by atoms with Gasteiger partial charge in [-0.25, -0.2) is 0 Å². The minimum Gasteiger partial charge on any atom is -0.507 e. The molecule has 72 valence electrons. The first-order chi connectivity index (χ1) is 6.68. The van der Waals surface area contributed by atoms with Crippen LogP contribution in [0.4, 0.5) is 0 Å². The van der Waals surface area contributed by atoms with Gasteiger partial charge in [-0.05, 0) is 53.3 Å². The fourth-order valence-corrected chi connectivity index (χ4v) is 1.82. The second-order valence-corrected chi connectivity index (χ2v) is 4.26. The summed E-state index contributed by atoms with van der Waals surface area (Å²) in [6.45, 7) is 2.00. The molecule has 0 saturated heterocycles. The predicted octanol–water partition coefficient (Wildman–Crippen LogP) is 2.70. The maximum Gasteiger partial charge on any atom is 0.128 e. The van der Waals surface area contributed by atoms with Gasteiger partial charge in [-0.1, -0.05) is 0 Å². The number of nitrogens with one attached hydrogen (secondary N) is 1. The number of hydrogen-bond donors (Lipinski definition) is 2. The maximum absolute atomic E-state index is 9.38. The summed E-state index contributed by atoms with van der Waals surface area (Å²) in [6, 6.07) is 5.49. The van der Waals surface area contributed by atoms with Gasteiger partial charge in [0, 0.05) is 5.56 Å². The summed E-state index contributed by atoms with van der Waals surface area (Å²) in [5.41, 5.74) is 3.15. The van der Waals surface area contributed by atoms with E-state index in [1.165, 1.54) is 0 Å². The molecule has 0 unspecified atom stereocenters. The molecular weight excluding hydrogens is 291 g/mol. The Bertz CT molecular complexity index is 465. The van der Waals surface area contributed by atoms with Crippen LogP contribution in [0, 0.1) is 10.5 Å². The highest BCUT2D eigenvalue weighted by molar-refractivity contribution is 14.1. The number of H-pyrrole nitrogens is 1. The van der Waals surface area contributed by atoms with Crippen LogP contribution in [0.3, 0.4) is 0 Å². The Morgan fingerprint density at radius 1 is 1.43 bits per heavy atom. The minimum absolute atomic E-state index is 0.312. The average molecular weight is 300 g/mol. The predicted molar refractivity (Wildman–Crippen MR) is 63.1 cm³/mol. The number of aromatic amines is 1. The first-order valence-electron chi connectivity index (χ1n) is 4.17. The van der Waals surface area contributed by atoms with Gasteiger partial charge >= 0.3 is 0 Å². The molecule has 0 aliphatic carbocycles. The van der Waals surface area contributed by atoms with Crippen LogP contribution in [0.15, 0.2) is 24.4 Å². The summed E-state index contributed by atoms with van der Waals surface area (Å²) in [7, 11) is 0. The van der Waals surface area contributed by atoms with Crippen molar-refractivity contribution in [2.45, 2.75) is 6.92 Å². The van der Waals surface area contributed by atoms with Gasteiger partial charge in [-0.2, -0.15) is 5.10 Å². The van der Waals surface area contributed by atoms with Crippen LogP contribution >= 0.6 is 22.6 Å². The second-order valence-electron chi connectivity index (χ2n) is 3.09. The SMILES string of the molecule is Cc1cn[nH]c1-c1ccc(O)c(I)c1. The van der Waals surface area contributed by atoms with E-state index in [0.717, 1.165) is 20.4 Å². The van der Waals surface area contributed by atoms with E-state index >= 15 is 0 Å². The zero-order valence-corrected chi connectivity index (χ0v) is 9.74. The first kappa shape index (κ1) is 9.51. The number of benzene rings is 1. The van der Waals surface area contributed by atoms with Crippen molar-refractivity contribution < 1.29 is 5.11 Å². The maximum atomic E-state index is 9.38. The van der Waals surface area contributed by atoms with E-state index in [2.05, 4.69) is 32.8 Å². The van der Waals surface area contributed by atoms with Crippen LogP contribution in [0.2, 0.25) is 0 Å². The molecule has 2 rings (SSSR count). The molecule has 0 aliphatic rings. The van der Waals surface area contributed by atoms with E-state index in [9.17, 15) is 5.11 Å². The molecule has 0 aliphatic heterocycles. The van der Waals surface area contributed by atoms with Gasteiger partial charge in [-0.15, -0.1) is 0 Å². The number of hydrogen-bond acceptors (Lipinski definition) is 2. The van der Waals surface area contributed by atoms with Crippen molar-refractivity contribution in [1.29, 1.82) is 0 Å². The van der Waals surface area contributed by atoms with Crippen molar-refractivity contribution in [3.05, 3.63) is 33.5 Å². The molecule has 0 saturated carbocycles. The van der Waals surface area contributed by atoms with Crippen LogP contribution in [0.1, 0.15) is 5.56 Å². The molecular formula is C10H9IN2O. The Morgan fingerprint density at radius 3 is 2.79 bits per heavy atom. The number of nitrogens with zero attached hydrogens (tertiary/aromatic N) is 1. The van der Waals surface area contributed by atoms with E-state index < -0.39 is 0 Å². The molecule has 1 heterocycles. The van der Waals surface area contributed by atoms with Gasteiger partial charge in [0.05, 0.1) is 15.5 Å². The lowest BCUT2D eigenvalue weighted by Crippen LogP contribution is -1.82. The molecule has 1 aromatic carbocycles. The Hall–Kier alpha value is -1.04. The van der Waals surface area contributed by atoms with Crippen molar-refractivity contribution in [1.82, 2.24) is 10.2 Å². The van der Waals surface area contributed by atoms with E-state index in [0.29, 0.717) is 5.75 Å². The monoisotopic (exact) mass is 300 g/mol. The number of phenols is 1. The number of aromatic hydroxyl groups is 1. The molecule has 0 atom stereocenters. The standard InChI is InChI=1S/C10H9IN2O/c1-6-5-12-13-10(6)7-2-3-9(14)8(11)4-7/h2-5,14H,1H3,(H,12,13). The van der Waals surface area contributed by atoms with Crippen molar-refractivity contribution in [3.8, 4) is 17.0 Å². The summed E-state index contributed by atoms with van der Waals surface area (Å²) < 4.78 is 0.842. The highest BCUT2D eigenvalue weighted by Gasteiger charge is 2.05. The molecule has 2 aromatic rings. The molecule has 1 aromatic heterocycles. The zero-order chi connectivity index (χ0) is 10.1. The number of aryl methyl sites for hydroxylation is 1. The molecule has 0 spiro atoms. The summed E-state index contributed by atoms with van der Waals surface area (Å²) >= 11 is 2.10. The zero-order valence-electron chi connectivity index (χ0n) is 7.58. The van der Waals surface area contributed by atoms with Gasteiger partial charge in [-0.3, -0.25) is 5.10 Å². The third-order valence-electron chi connectivity index (χ3n) is 2.07. The van der Waals surface area contributed by atoms with Crippen molar-refractivity contribution >= 4 is 22.6 Å². The largest absolute Gasteiger partial charge is 0.507 e. The van der Waals surface area contributed by atoms with Crippen LogP contribution in [-0.4, -0.2) is 15.3 Å². The van der Waals surface area contributed by atoms with Gasteiger partial charge in [0.15, 0.2) is 0 Å². The van der Waals surface area contributed by atoms with Gasteiger partial charge in [0.25, 0.3) is 0 Å². The lowest BCUT2D eigenvalue weighted by molar-refractivity contribution is 0.471. The van der Waals surface area contributed by atoms with Crippen LogP contribution in [0.25, 0.3) is 11.3 Å². The van der Waals surface area contributed by atoms with Crippen LogP contribution in [0.5, 0.6) is 5.75 Å². The lowest BCUT2D eigenvalue weighted by atomic mass is 10.1. The molecule has 0 amide bonds. The Labute approximate surface area is 95.3 Å². The van der Waals surface area contributed by atoms with E-state index in [1.807, 2.05) is 19.1 Å².